The lowest BCUT2D eigenvalue weighted by Crippen LogP contribution is -2.28. The van der Waals surface area contributed by atoms with Gasteiger partial charge < -0.3 is 14.8 Å². The lowest BCUT2D eigenvalue weighted by molar-refractivity contribution is -0.123. The zero-order valence-electron chi connectivity index (χ0n) is 16.2. The molecular weight excluding hydrogens is 406 g/mol. The molecule has 2 aromatic heterocycles. The van der Waals surface area contributed by atoms with Crippen LogP contribution in [-0.2, 0) is 17.8 Å². The maximum Gasteiger partial charge on any atom is 0.258 e. The molecule has 0 bridgehead atoms. The minimum Gasteiger partial charge on any atom is -0.483 e. The number of carbonyl (C=O) groups excluding carboxylic acids is 2. The Bertz CT molecular complexity index is 1040. The van der Waals surface area contributed by atoms with Crippen molar-refractivity contribution in [3.8, 4) is 11.5 Å². The second kappa shape index (κ2) is 8.00. The van der Waals surface area contributed by atoms with E-state index in [1.54, 1.807) is 6.07 Å². The summed E-state index contributed by atoms with van der Waals surface area (Å²) in [6.07, 6.45) is 0.816. The molecule has 3 aromatic rings. The third-order valence-electron chi connectivity index (χ3n) is 4.50. The van der Waals surface area contributed by atoms with Crippen LogP contribution >= 0.6 is 22.7 Å². The van der Waals surface area contributed by atoms with Gasteiger partial charge in [0.1, 0.15) is 5.60 Å². The van der Waals surface area contributed by atoms with Crippen molar-refractivity contribution in [3.05, 3.63) is 68.0 Å². The topological polar surface area (TPSA) is 64.6 Å². The summed E-state index contributed by atoms with van der Waals surface area (Å²) in [6, 6.07) is 13.1. The van der Waals surface area contributed by atoms with Crippen LogP contribution in [0.3, 0.4) is 0 Å². The zero-order valence-corrected chi connectivity index (χ0v) is 17.8. The molecule has 0 saturated heterocycles. The van der Waals surface area contributed by atoms with E-state index in [1.165, 1.54) is 22.7 Å². The number of hydrogen-bond donors (Lipinski definition) is 1. The van der Waals surface area contributed by atoms with Crippen LogP contribution in [0.15, 0.2) is 47.8 Å². The van der Waals surface area contributed by atoms with Crippen LogP contribution in [0.25, 0.3) is 0 Å². The van der Waals surface area contributed by atoms with Gasteiger partial charge in [0.05, 0.1) is 16.3 Å². The van der Waals surface area contributed by atoms with Crippen molar-refractivity contribution in [3.63, 3.8) is 0 Å². The van der Waals surface area contributed by atoms with Gasteiger partial charge in [-0.2, -0.15) is 0 Å². The number of ketones is 1. The van der Waals surface area contributed by atoms with Crippen molar-refractivity contribution in [2.45, 2.75) is 32.4 Å². The zero-order chi connectivity index (χ0) is 20.4. The van der Waals surface area contributed by atoms with E-state index in [0.717, 1.165) is 27.5 Å². The van der Waals surface area contributed by atoms with E-state index in [9.17, 15) is 9.59 Å². The Labute approximate surface area is 177 Å². The lowest BCUT2D eigenvalue weighted by atomic mass is 10.0. The predicted molar refractivity (Wildman–Crippen MR) is 114 cm³/mol. The average molecular weight is 428 g/mol. The molecule has 0 saturated carbocycles. The average Bonchev–Trinajstić information content (AvgIpc) is 3.42. The van der Waals surface area contributed by atoms with Crippen molar-refractivity contribution in [2.24, 2.45) is 0 Å². The van der Waals surface area contributed by atoms with Crippen LogP contribution in [0, 0.1) is 0 Å². The number of fused-ring (bicyclic) bond motifs is 1. The first-order valence-electron chi connectivity index (χ1n) is 9.29. The van der Waals surface area contributed by atoms with Gasteiger partial charge in [-0.05, 0) is 43.5 Å². The van der Waals surface area contributed by atoms with Crippen LogP contribution in [0.2, 0.25) is 0 Å². The van der Waals surface area contributed by atoms with E-state index in [4.69, 9.17) is 9.47 Å². The predicted octanol–water partition coefficient (Wildman–Crippen LogP) is 4.45. The second-order valence-corrected chi connectivity index (χ2v) is 9.54. The third kappa shape index (κ3) is 4.52. The molecule has 3 heterocycles. The summed E-state index contributed by atoms with van der Waals surface area (Å²) < 4.78 is 11.7. The van der Waals surface area contributed by atoms with E-state index < -0.39 is 0 Å². The molecule has 1 amide bonds. The van der Waals surface area contributed by atoms with Crippen LogP contribution in [-0.4, -0.2) is 23.9 Å². The normalized spacial score (nSPS) is 14.1. The quantitative estimate of drug-likeness (QED) is 0.566. The minimum atomic E-state index is -0.262. The number of amides is 1. The molecule has 7 heteroatoms. The summed E-state index contributed by atoms with van der Waals surface area (Å²) in [5.41, 5.74) is 0.830. The molecule has 1 aliphatic heterocycles. The van der Waals surface area contributed by atoms with Crippen molar-refractivity contribution < 1.29 is 19.1 Å². The molecule has 29 heavy (non-hydrogen) atoms. The number of rotatable bonds is 7. The Balaban J connectivity index is 1.30. The van der Waals surface area contributed by atoms with Gasteiger partial charge in [-0.1, -0.05) is 18.2 Å². The SMILES string of the molecule is CC1(C)Cc2cccc(OCC(=O)NCc3ccc(C(=O)c4cccs4)s3)c2O1. The largest absolute Gasteiger partial charge is 0.483 e. The van der Waals surface area contributed by atoms with E-state index in [1.807, 2.05) is 55.6 Å². The molecule has 0 aliphatic carbocycles. The molecule has 0 spiro atoms. The van der Waals surface area contributed by atoms with Crippen LogP contribution in [0.4, 0.5) is 0 Å². The van der Waals surface area contributed by atoms with Gasteiger partial charge in [-0.15, -0.1) is 22.7 Å². The molecule has 4 rings (SSSR count). The highest BCUT2D eigenvalue weighted by molar-refractivity contribution is 7.16. The minimum absolute atomic E-state index is 0.0202. The molecule has 1 aliphatic rings. The Morgan fingerprint density at radius 2 is 2.00 bits per heavy atom. The number of ether oxygens (including phenoxy) is 2. The highest BCUT2D eigenvalue weighted by atomic mass is 32.1. The molecule has 0 radical (unpaired) electrons. The standard InChI is InChI=1S/C22H21NO4S2/c1-22(2)11-14-5-3-6-16(21(14)27-22)26-13-19(24)23-12-15-8-9-18(29-15)20(25)17-7-4-10-28-17/h3-10H,11-13H2,1-2H3,(H,23,24). The molecule has 150 valence electrons. The van der Waals surface area contributed by atoms with Crippen LogP contribution < -0.4 is 14.8 Å². The first-order chi connectivity index (χ1) is 13.9. The monoisotopic (exact) mass is 427 g/mol. The summed E-state index contributed by atoms with van der Waals surface area (Å²) in [5.74, 6) is 1.11. The first-order valence-corrected chi connectivity index (χ1v) is 11.0. The number of thiophene rings is 2. The Hall–Kier alpha value is -2.64. The molecular formula is C22H21NO4S2. The fourth-order valence-corrected chi connectivity index (χ4v) is 4.85. The number of carbonyl (C=O) groups is 2. The fourth-order valence-electron chi connectivity index (χ4n) is 3.21. The van der Waals surface area contributed by atoms with E-state index in [0.29, 0.717) is 17.2 Å². The molecule has 0 unspecified atom stereocenters. The summed E-state index contributed by atoms with van der Waals surface area (Å²) in [6.45, 7) is 4.33. The smallest absolute Gasteiger partial charge is 0.258 e. The highest BCUT2D eigenvalue weighted by Crippen LogP contribution is 2.41. The third-order valence-corrected chi connectivity index (χ3v) is 6.46. The van der Waals surface area contributed by atoms with Crippen LogP contribution in [0.5, 0.6) is 11.5 Å². The van der Waals surface area contributed by atoms with Gasteiger partial charge in [0, 0.05) is 16.9 Å². The fraction of sp³-hybridized carbons (Fsp3) is 0.273. The number of para-hydroxylation sites is 1. The first kappa shape index (κ1) is 19.7. The van der Waals surface area contributed by atoms with Crippen LogP contribution in [0.1, 0.15) is 38.8 Å². The number of hydrogen-bond acceptors (Lipinski definition) is 6. The Morgan fingerprint density at radius 1 is 1.14 bits per heavy atom. The van der Waals surface area contributed by atoms with E-state index >= 15 is 0 Å². The summed E-state index contributed by atoms with van der Waals surface area (Å²) >= 11 is 2.82. The van der Waals surface area contributed by atoms with Gasteiger partial charge in [0.2, 0.25) is 5.78 Å². The highest BCUT2D eigenvalue weighted by Gasteiger charge is 2.32. The van der Waals surface area contributed by atoms with Crippen molar-refractivity contribution in [2.75, 3.05) is 6.61 Å². The number of nitrogens with one attached hydrogen (secondary N) is 1. The maximum atomic E-state index is 12.4. The van der Waals surface area contributed by atoms with Gasteiger partial charge in [-0.3, -0.25) is 9.59 Å². The van der Waals surface area contributed by atoms with Crippen molar-refractivity contribution in [1.29, 1.82) is 0 Å². The van der Waals surface area contributed by atoms with E-state index in [-0.39, 0.29) is 23.9 Å². The Morgan fingerprint density at radius 3 is 2.79 bits per heavy atom. The summed E-state index contributed by atoms with van der Waals surface area (Å²) in [4.78, 5) is 26.9. The number of benzene rings is 1. The second-order valence-electron chi connectivity index (χ2n) is 7.42. The summed E-state index contributed by atoms with van der Waals surface area (Å²) in [5, 5.41) is 4.72. The summed E-state index contributed by atoms with van der Waals surface area (Å²) in [7, 11) is 0. The molecule has 1 aromatic carbocycles. The maximum absolute atomic E-state index is 12.4. The van der Waals surface area contributed by atoms with Crippen molar-refractivity contribution >= 4 is 34.4 Å². The molecule has 5 nitrogen and oxygen atoms in total. The van der Waals surface area contributed by atoms with Gasteiger partial charge in [0.25, 0.3) is 5.91 Å². The van der Waals surface area contributed by atoms with Crippen molar-refractivity contribution in [1.82, 2.24) is 5.32 Å². The van der Waals surface area contributed by atoms with Gasteiger partial charge >= 0.3 is 0 Å². The van der Waals surface area contributed by atoms with Gasteiger partial charge in [-0.25, -0.2) is 0 Å². The Kier molecular flexibility index (Phi) is 5.43. The van der Waals surface area contributed by atoms with Gasteiger partial charge in [0.15, 0.2) is 18.1 Å². The molecule has 0 fully saturated rings. The van der Waals surface area contributed by atoms with E-state index in [2.05, 4.69) is 5.32 Å². The molecule has 1 N–H and O–H groups in total. The molecule has 0 atom stereocenters. The lowest BCUT2D eigenvalue weighted by Gasteiger charge is -2.18.